The van der Waals surface area contributed by atoms with Gasteiger partial charge in [-0.1, -0.05) is 162 Å². The summed E-state index contributed by atoms with van der Waals surface area (Å²) in [4.78, 5) is 0. The third-order valence-corrected chi connectivity index (χ3v) is 13.7. The van der Waals surface area contributed by atoms with E-state index in [4.69, 9.17) is 171 Å². The third kappa shape index (κ3) is 7.32. The molecule has 0 radical (unpaired) electrons. The van der Waals surface area contributed by atoms with Crippen molar-refractivity contribution in [1.82, 2.24) is 0 Å². The van der Waals surface area contributed by atoms with E-state index in [1.807, 2.05) is 13.8 Å². The molecule has 0 saturated carbocycles. The van der Waals surface area contributed by atoms with Crippen LogP contribution in [-0.4, -0.2) is 13.2 Å². The maximum absolute atomic E-state index is 6.93. The molecule has 0 unspecified atom stereocenters. The Bertz CT molecular complexity index is 1350. The van der Waals surface area contributed by atoms with Crippen LogP contribution in [0, 0.1) is 0 Å². The first-order chi connectivity index (χ1) is 19.1. The minimum atomic E-state index is -1.42. The van der Waals surface area contributed by atoms with Crippen molar-refractivity contribution in [3.05, 3.63) is 92.6 Å². The Balaban J connectivity index is 2.53. The first kappa shape index (κ1) is 37.5. The monoisotopic (exact) mass is 854 g/mol. The highest BCUT2D eigenvalue weighted by Gasteiger charge is 2.37. The van der Waals surface area contributed by atoms with Crippen LogP contribution in [0.25, 0.3) is 0 Å². The second-order valence-electron chi connectivity index (χ2n) is 7.87. The van der Waals surface area contributed by atoms with Crippen molar-refractivity contribution in [3.63, 3.8) is 0 Å². The van der Waals surface area contributed by atoms with Crippen LogP contribution in [0.3, 0.4) is 0 Å². The average molecular weight is 861 g/mol. The lowest BCUT2D eigenvalue weighted by Crippen LogP contribution is -2.11. The van der Waals surface area contributed by atoms with E-state index in [1.54, 1.807) is 0 Å². The molecule has 0 saturated heterocycles. The molecule has 0 spiro atoms. The van der Waals surface area contributed by atoms with E-state index in [-0.39, 0.29) is 93.2 Å². The van der Waals surface area contributed by atoms with Gasteiger partial charge in [-0.05, 0) is 13.8 Å². The van der Waals surface area contributed by atoms with Crippen LogP contribution in [0.15, 0.2) is 0 Å². The molecule has 0 aromatic heterocycles. The van der Waals surface area contributed by atoms with Crippen molar-refractivity contribution in [3.8, 4) is 0 Å². The average Bonchev–Trinajstić information content (AvgIpc) is 2.94. The van der Waals surface area contributed by atoms with Gasteiger partial charge in [-0.3, -0.25) is 0 Å². The highest BCUT2D eigenvalue weighted by atomic mass is 35.5. The summed E-state index contributed by atoms with van der Waals surface area (Å²) in [5.41, 5.74) is 0.578. The molecule has 0 fully saturated rings. The molecule has 3 rings (SSSR count). The quantitative estimate of drug-likeness (QED) is 0.0924. The highest BCUT2D eigenvalue weighted by Crippen LogP contribution is 2.59. The predicted molar refractivity (Wildman–Crippen MR) is 184 cm³/mol. The van der Waals surface area contributed by atoms with Gasteiger partial charge in [-0.25, -0.2) is 0 Å². The van der Waals surface area contributed by atoms with Crippen LogP contribution in [0.4, 0.5) is 0 Å². The lowest BCUT2D eigenvalue weighted by molar-refractivity contribution is 0.268. The topological polar surface area (TPSA) is 18.5 Å². The molecule has 0 aliphatic rings. The second-order valence-corrected chi connectivity index (χ2v) is 14.7. The van der Waals surface area contributed by atoms with E-state index in [0.717, 1.165) is 0 Å². The molecular formula is C24H13Cl14O2P. The Morgan fingerprint density at radius 1 is 0.415 bits per heavy atom. The van der Waals surface area contributed by atoms with Crippen LogP contribution in [0.5, 0.6) is 0 Å². The highest BCUT2D eigenvalue weighted by molar-refractivity contribution is 7.46. The third-order valence-electron chi connectivity index (χ3n) is 5.58. The summed E-state index contributed by atoms with van der Waals surface area (Å²) in [7, 11) is -1.42. The van der Waals surface area contributed by atoms with Crippen LogP contribution < -0.4 is 0 Å². The molecule has 0 aliphatic carbocycles. The molecule has 0 heterocycles. The van der Waals surface area contributed by atoms with Crippen LogP contribution in [-0.2, 0) is 15.2 Å². The Morgan fingerprint density at radius 2 is 0.659 bits per heavy atom. The minimum Gasteiger partial charge on any atom is -0.334 e. The SMILES string of the molecule is CCOP(Cc1c(Cl)c(Cl)c(C(c2c(Cl)c(Cl)c(Cl)c(Cl)c2Cl)c2c(Cl)c(Cl)c(Cl)c(Cl)c2Cl)c(Cl)c1Cl)OCC. The van der Waals surface area contributed by atoms with Gasteiger partial charge in [0.05, 0.1) is 83.5 Å². The fraction of sp³-hybridized carbons (Fsp3) is 0.250. The Hall–Kier alpha value is 2.07. The second kappa shape index (κ2) is 15.8. The smallest absolute Gasteiger partial charge is 0.175 e. The van der Waals surface area contributed by atoms with Gasteiger partial charge in [-0.15, -0.1) is 0 Å². The number of hydrogen-bond acceptors (Lipinski definition) is 2. The fourth-order valence-corrected chi connectivity index (χ4v) is 9.41. The van der Waals surface area contributed by atoms with Gasteiger partial charge in [0.15, 0.2) is 8.38 Å². The molecule has 0 bridgehead atoms. The Morgan fingerprint density at radius 3 is 0.927 bits per heavy atom. The fourth-order valence-electron chi connectivity index (χ4n) is 3.82. The molecule has 2 nitrogen and oxygen atoms in total. The summed E-state index contributed by atoms with van der Waals surface area (Å²) in [5, 5.41) is -1.18. The van der Waals surface area contributed by atoms with Gasteiger partial charge >= 0.3 is 0 Å². The summed E-state index contributed by atoms with van der Waals surface area (Å²) in [6, 6.07) is 0. The van der Waals surface area contributed by atoms with Crippen molar-refractivity contribution in [2.75, 3.05) is 13.2 Å². The molecule has 0 atom stereocenters. The number of rotatable bonds is 9. The Labute approximate surface area is 308 Å². The van der Waals surface area contributed by atoms with Crippen molar-refractivity contribution in [1.29, 1.82) is 0 Å². The Kier molecular flexibility index (Phi) is 14.4. The van der Waals surface area contributed by atoms with Crippen molar-refractivity contribution >= 4 is 171 Å². The molecule has 41 heavy (non-hydrogen) atoms. The van der Waals surface area contributed by atoms with Gasteiger partial charge in [0.25, 0.3) is 0 Å². The first-order valence-corrected chi connectivity index (χ1v) is 17.7. The van der Waals surface area contributed by atoms with Crippen molar-refractivity contribution < 1.29 is 9.05 Å². The van der Waals surface area contributed by atoms with Crippen molar-refractivity contribution in [2.45, 2.75) is 25.9 Å². The number of halogens is 14. The molecule has 0 aliphatic heterocycles. The van der Waals surface area contributed by atoms with E-state index in [2.05, 4.69) is 0 Å². The van der Waals surface area contributed by atoms with Gasteiger partial charge in [0.2, 0.25) is 0 Å². The number of benzene rings is 3. The molecule has 224 valence electrons. The molecule has 3 aromatic carbocycles. The van der Waals surface area contributed by atoms with Gasteiger partial charge in [0.1, 0.15) is 0 Å². The normalized spacial score (nSPS) is 11.9. The van der Waals surface area contributed by atoms with Gasteiger partial charge < -0.3 is 9.05 Å². The van der Waals surface area contributed by atoms with E-state index >= 15 is 0 Å². The summed E-state index contributed by atoms with van der Waals surface area (Å²) in [6.45, 7) is 4.45. The van der Waals surface area contributed by atoms with Crippen molar-refractivity contribution in [2.24, 2.45) is 0 Å². The zero-order chi connectivity index (χ0) is 31.1. The van der Waals surface area contributed by atoms with Crippen LogP contribution in [0.2, 0.25) is 70.3 Å². The zero-order valence-electron chi connectivity index (χ0n) is 20.3. The standard InChI is InChI=1S/C24H13Cl14O2P/c1-3-39-41(40-4-2)5-6-11(25)13(27)8(14(28)12(6)26)7(9-15(29)19(33)23(37)20(34)16(9)30)10-17(31)21(35)24(38)22(36)18(10)32/h7H,3-5H2,1-2H3. The predicted octanol–water partition coefficient (Wildman–Crippen LogP) is 15.9. The molecule has 0 amide bonds. The molecule has 17 heteroatoms. The number of hydrogen-bond donors (Lipinski definition) is 0. The van der Waals surface area contributed by atoms with Gasteiger partial charge in [-0.2, -0.15) is 0 Å². The van der Waals surface area contributed by atoms with Crippen LogP contribution in [0.1, 0.15) is 42.0 Å². The van der Waals surface area contributed by atoms with Gasteiger partial charge in [0, 0.05) is 34.3 Å². The van der Waals surface area contributed by atoms with Crippen LogP contribution >= 0.6 is 171 Å². The van der Waals surface area contributed by atoms with E-state index in [1.165, 1.54) is 0 Å². The van der Waals surface area contributed by atoms with E-state index in [9.17, 15) is 0 Å². The molecule has 3 aromatic rings. The lowest BCUT2D eigenvalue weighted by Gasteiger charge is -2.29. The molecule has 0 N–H and O–H groups in total. The zero-order valence-corrected chi connectivity index (χ0v) is 31.7. The minimum absolute atomic E-state index is 0.0461. The summed E-state index contributed by atoms with van der Waals surface area (Å²) < 4.78 is 11.4. The largest absolute Gasteiger partial charge is 0.334 e. The maximum Gasteiger partial charge on any atom is 0.175 e. The summed E-state index contributed by atoms with van der Waals surface area (Å²) in [5.74, 6) is -1.25. The first-order valence-electron chi connectivity index (χ1n) is 11.0. The molecular weight excluding hydrogens is 848 g/mol. The van der Waals surface area contributed by atoms with E-state index < -0.39 is 14.3 Å². The maximum atomic E-state index is 6.93. The summed E-state index contributed by atoms with van der Waals surface area (Å²) in [6.07, 6.45) is 0.180. The van der Waals surface area contributed by atoms with E-state index in [0.29, 0.717) is 18.8 Å². The lowest BCUT2D eigenvalue weighted by atomic mass is 9.84. The summed E-state index contributed by atoms with van der Waals surface area (Å²) >= 11 is 92.7.